The highest BCUT2D eigenvalue weighted by Gasteiger charge is 2.12. The number of nitrogens with one attached hydrogen (secondary N) is 1. The third kappa shape index (κ3) is 3.70. The number of fused-ring (bicyclic) bond motifs is 1. The Bertz CT molecular complexity index is 1000. The molecule has 1 aromatic heterocycles. The van der Waals surface area contributed by atoms with Gasteiger partial charge in [-0.2, -0.15) is 0 Å². The van der Waals surface area contributed by atoms with Crippen molar-refractivity contribution >= 4 is 38.4 Å². The lowest BCUT2D eigenvalue weighted by atomic mass is 10.0. The summed E-state index contributed by atoms with van der Waals surface area (Å²) in [5, 5.41) is 3.46. The van der Waals surface area contributed by atoms with Crippen LogP contribution in [0.5, 0.6) is 0 Å². The summed E-state index contributed by atoms with van der Waals surface area (Å²) < 4.78 is 2.14. The van der Waals surface area contributed by atoms with Gasteiger partial charge in [0.1, 0.15) is 6.54 Å². The van der Waals surface area contributed by atoms with Crippen LogP contribution in [0.2, 0.25) is 0 Å². The minimum atomic E-state index is -0.237. The minimum absolute atomic E-state index is 0.0739. The molecule has 0 saturated heterocycles. The molecule has 0 saturated carbocycles. The summed E-state index contributed by atoms with van der Waals surface area (Å²) >= 11 is 3.36. The molecule has 0 aliphatic heterocycles. The lowest BCUT2D eigenvalue weighted by Crippen LogP contribution is -2.28. The number of hydrogen-bond donors (Lipinski definition) is 1. The summed E-state index contributed by atoms with van der Waals surface area (Å²) in [6.07, 6.45) is 3.08. The van der Waals surface area contributed by atoms with Crippen LogP contribution in [0.3, 0.4) is 0 Å². The summed E-state index contributed by atoms with van der Waals surface area (Å²) in [7, 11) is 0. The average molecular weight is 414 g/mol. The van der Waals surface area contributed by atoms with Gasteiger partial charge in [-0.25, -0.2) is 4.98 Å². The van der Waals surface area contributed by atoms with Crippen molar-refractivity contribution in [2.45, 2.75) is 33.2 Å². The zero-order valence-electron chi connectivity index (χ0n) is 14.8. The highest BCUT2D eigenvalue weighted by molar-refractivity contribution is 9.10. The molecular weight excluding hydrogens is 394 g/mol. The number of halogens is 1. The van der Waals surface area contributed by atoms with Crippen LogP contribution in [0.1, 0.15) is 25.0 Å². The fourth-order valence-corrected chi connectivity index (χ4v) is 3.34. The van der Waals surface area contributed by atoms with E-state index in [9.17, 15) is 9.59 Å². The van der Waals surface area contributed by atoms with Gasteiger partial charge in [0.05, 0.1) is 17.2 Å². The summed E-state index contributed by atoms with van der Waals surface area (Å²) in [6.45, 7) is 4.04. The van der Waals surface area contributed by atoms with E-state index in [0.717, 1.165) is 34.1 Å². The van der Waals surface area contributed by atoms with Crippen LogP contribution >= 0.6 is 15.9 Å². The van der Waals surface area contributed by atoms with Crippen molar-refractivity contribution in [2.24, 2.45) is 0 Å². The predicted octanol–water partition coefficient (Wildman–Crippen LogP) is 3.92. The minimum Gasteiger partial charge on any atom is -0.324 e. The van der Waals surface area contributed by atoms with Crippen LogP contribution in [0.25, 0.3) is 10.9 Å². The molecule has 0 aliphatic rings. The molecule has 134 valence electrons. The van der Waals surface area contributed by atoms with Crippen molar-refractivity contribution in [3.8, 4) is 0 Å². The number of benzene rings is 2. The van der Waals surface area contributed by atoms with Gasteiger partial charge in [-0.15, -0.1) is 0 Å². The third-order valence-corrected chi connectivity index (χ3v) is 4.86. The Hall–Kier alpha value is -2.47. The van der Waals surface area contributed by atoms with E-state index in [1.54, 1.807) is 12.1 Å². The summed E-state index contributed by atoms with van der Waals surface area (Å²) in [4.78, 5) is 29.5. The largest absolute Gasteiger partial charge is 0.324 e. The Morgan fingerprint density at radius 2 is 1.85 bits per heavy atom. The molecule has 0 atom stereocenters. The Morgan fingerprint density at radius 3 is 2.50 bits per heavy atom. The normalized spacial score (nSPS) is 10.9. The van der Waals surface area contributed by atoms with Gasteiger partial charge in [0, 0.05) is 10.2 Å². The number of carbonyl (C=O) groups excluding carboxylic acids is 1. The standard InChI is InChI=1S/C20H20BrN3O2/c1-3-13-6-5-7-14(4-2)19(13)23-18(25)11-24-12-22-17-9-8-15(21)10-16(17)20(24)26/h5-10,12H,3-4,11H2,1-2H3,(H,23,25). The lowest BCUT2D eigenvalue weighted by molar-refractivity contribution is -0.116. The first-order valence-corrected chi connectivity index (χ1v) is 9.38. The molecule has 2 aromatic carbocycles. The van der Waals surface area contributed by atoms with Gasteiger partial charge in [0.2, 0.25) is 5.91 Å². The second-order valence-electron chi connectivity index (χ2n) is 6.05. The highest BCUT2D eigenvalue weighted by Crippen LogP contribution is 2.22. The van der Waals surface area contributed by atoms with Gasteiger partial charge < -0.3 is 5.32 Å². The topological polar surface area (TPSA) is 64.0 Å². The molecule has 1 amide bonds. The molecule has 0 aliphatic carbocycles. The van der Waals surface area contributed by atoms with Crippen molar-refractivity contribution in [1.82, 2.24) is 9.55 Å². The number of hydrogen-bond acceptors (Lipinski definition) is 3. The van der Waals surface area contributed by atoms with E-state index in [4.69, 9.17) is 0 Å². The Morgan fingerprint density at radius 1 is 1.15 bits per heavy atom. The summed E-state index contributed by atoms with van der Waals surface area (Å²) in [6, 6.07) is 11.4. The summed E-state index contributed by atoms with van der Waals surface area (Å²) in [5.41, 5.74) is 3.41. The van der Waals surface area contributed by atoms with Gasteiger partial charge in [0.15, 0.2) is 0 Å². The van der Waals surface area contributed by atoms with Crippen LogP contribution in [0, 0.1) is 0 Å². The number of para-hydroxylation sites is 1. The molecular formula is C20H20BrN3O2. The van der Waals surface area contributed by atoms with Crippen LogP contribution in [-0.4, -0.2) is 15.5 Å². The van der Waals surface area contributed by atoms with Crippen LogP contribution in [0.4, 0.5) is 5.69 Å². The quantitative estimate of drug-likeness (QED) is 0.688. The molecule has 3 rings (SSSR count). The highest BCUT2D eigenvalue weighted by atomic mass is 79.9. The van der Waals surface area contributed by atoms with Gasteiger partial charge in [-0.1, -0.05) is 48.0 Å². The second kappa shape index (κ2) is 7.83. The summed E-state index contributed by atoms with van der Waals surface area (Å²) in [5.74, 6) is -0.237. The number of aryl methyl sites for hydroxylation is 2. The number of amides is 1. The van der Waals surface area contributed by atoms with Crippen molar-refractivity contribution in [3.63, 3.8) is 0 Å². The van der Waals surface area contributed by atoms with E-state index >= 15 is 0 Å². The average Bonchev–Trinajstić information content (AvgIpc) is 2.64. The molecule has 3 aromatic rings. The molecule has 0 spiro atoms. The fraction of sp³-hybridized carbons (Fsp3) is 0.250. The molecule has 1 N–H and O–H groups in total. The molecule has 5 nitrogen and oxygen atoms in total. The Balaban J connectivity index is 1.89. The molecule has 0 radical (unpaired) electrons. The fourth-order valence-electron chi connectivity index (χ4n) is 2.98. The Labute approximate surface area is 160 Å². The molecule has 1 heterocycles. The number of anilines is 1. The maximum absolute atomic E-state index is 12.6. The maximum atomic E-state index is 12.6. The van der Waals surface area contributed by atoms with E-state index in [0.29, 0.717) is 10.9 Å². The zero-order chi connectivity index (χ0) is 18.7. The first-order chi connectivity index (χ1) is 12.5. The van der Waals surface area contributed by atoms with Gasteiger partial charge in [-0.05, 0) is 42.2 Å². The van der Waals surface area contributed by atoms with Crippen LogP contribution < -0.4 is 10.9 Å². The number of nitrogens with zero attached hydrogens (tertiary/aromatic N) is 2. The molecule has 26 heavy (non-hydrogen) atoms. The van der Waals surface area contributed by atoms with Crippen molar-refractivity contribution < 1.29 is 4.79 Å². The Kier molecular flexibility index (Phi) is 5.52. The zero-order valence-corrected chi connectivity index (χ0v) is 16.3. The maximum Gasteiger partial charge on any atom is 0.261 e. The van der Waals surface area contributed by atoms with Crippen molar-refractivity contribution in [1.29, 1.82) is 0 Å². The number of aromatic nitrogens is 2. The van der Waals surface area contributed by atoms with E-state index in [1.165, 1.54) is 10.9 Å². The first-order valence-electron chi connectivity index (χ1n) is 8.58. The van der Waals surface area contributed by atoms with Crippen LogP contribution in [0.15, 0.2) is 52.0 Å². The first kappa shape index (κ1) is 18.3. The monoisotopic (exact) mass is 413 g/mol. The van der Waals surface area contributed by atoms with Gasteiger partial charge in [-0.3, -0.25) is 14.2 Å². The number of carbonyl (C=O) groups is 1. The second-order valence-corrected chi connectivity index (χ2v) is 6.96. The predicted molar refractivity (Wildman–Crippen MR) is 108 cm³/mol. The molecule has 0 unspecified atom stereocenters. The molecule has 0 fully saturated rings. The molecule has 6 heteroatoms. The number of rotatable bonds is 5. The van der Waals surface area contributed by atoms with E-state index < -0.39 is 0 Å². The lowest BCUT2D eigenvalue weighted by Gasteiger charge is -2.15. The van der Waals surface area contributed by atoms with Crippen molar-refractivity contribution in [2.75, 3.05) is 5.32 Å². The third-order valence-electron chi connectivity index (χ3n) is 4.36. The van der Waals surface area contributed by atoms with Crippen molar-refractivity contribution in [3.05, 3.63) is 68.7 Å². The van der Waals surface area contributed by atoms with E-state index in [1.807, 2.05) is 24.3 Å². The van der Waals surface area contributed by atoms with E-state index in [2.05, 4.69) is 40.1 Å². The van der Waals surface area contributed by atoms with Gasteiger partial charge >= 0.3 is 0 Å². The van der Waals surface area contributed by atoms with Crippen LogP contribution in [-0.2, 0) is 24.2 Å². The van der Waals surface area contributed by atoms with Gasteiger partial charge in [0.25, 0.3) is 5.56 Å². The van der Waals surface area contributed by atoms with E-state index in [-0.39, 0.29) is 18.0 Å². The smallest absolute Gasteiger partial charge is 0.261 e. The SMILES string of the molecule is CCc1cccc(CC)c1NC(=O)Cn1cnc2ccc(Br)cc2c1=O. The molecule has 0 bridgehead atoms.